The Morgan fingerprint density at radius 1 is 1.22 bits per heavy atom. The molecule has 0 saturated carbocycles. The van der Waals surface area contributed by atoms with Crippen LogP contribution in [-0.4, -0.2) is 51.3 Å². The highest BCUT2D eigenvalue weighted by Crippen LogP contribution is 2.07. The molecule has 0 aliphatic rings. The maximum atomic E-state index is 11.8. The molecule has 0 spiro atoms. The van der Waals surface area contributed by atoms with Crippen LogP contribution in [0.25, 0.3) is 0 Å². The Kier molecular flexibility index (Phi) is 10.3. The van der Waals surface area contributed by atoms with E-state index in [4.69, 9.17) is 9.47 Å². The lowest BCUT2D eigenvalue weighted by molar-refractivity contribution is -0.121. The first-order chi connectivity index (χ1) is 11.2. The molecule has 0 heterocycles. The average Bonchev–Trinajstić information content (AvgIpc) is 2.56. The minimum atomic E-state index is 0.0661. The maximum absolute atomic E-state index is 11.8. The van der Waals surface area contributed by atoms with E-state index < -0.39 is 0 Å². The van der Waals surface area contributed by atoms with Crippen molar-refractivity contribution >= 4 is 5.91 Å². The zero-order chi connectivity index (χ0) is 16.9. The van der Waals surface area contributed by atoms with Crippen molar-refractivity contribution in [3.8, 4) is 0 Å². The molecule has 130 valence electrons. The van der Waals surface area contributed by atoms with Crippen LogP contribution in [0.2, 0.25) is 0 Å². The lowest BCUT2D eigenvalue weighted by Crippen LogP contribution is -2.23. The Hall–Kier alpha value is -1.43. The lowest BCUT2D eigenvalue weighted by atomic mass is 10.1. The molecule has 5 nitrogen and oxygen atoms in total. The topological polar surface area (TPSA) is 50.8 Å². The first kappa shape index (κ1) is 19.6. The smallest absolute Gasteiger partial charge is 0.220 e. The quantitative estimate of drug-likeness (QED) is 0.599. The first-order valence-electron chi connectivity index (χ1n) is 8.25. The number of nitrogens with zero attached hydrogens (tertiary/aromatic N) is 1. The van der Waals surface area contributed by atoms with Crippen LogP contribution < -0.4 is 5.32 Å². The van der Waals surface area contributed by atoms with Gasteiger partial charge in [-0.05, 0) is 31.1 Å². The van der Waals surface area contributed by atoms with Crippen LogP contribution in [0.1, 0.15) is 30.9 Å². The van der Waals surface area contributed by atoms with E-state index in [9.17, 15) is 4.79 Å². The van der Waals surface area contributed by atoms with Crippen LogP contribution in [0.3, 0.4) is 0 Å². The van der Waals surface area contributed by atoms with Gasteiger partial charge in [-0.2, -0.15) is 0 Å². The van der Waals surface area contributed by atoms with Gasteiger partial charge in [0.1, 0.15) is 0 Å². The van der Waals surface area contributed by atoms with E-state index in [0.29, 0.717) is 32.8 Å². The fourth-order valence-corrected chi connectivity index (χ4v) is 2.13. The largest absolute Gasteiger partial charge is 0.382 e. The molecular weight excluding hydrogens is 292 g/mol. The molecule has 0 fully saturated rings. The average molecular weight is 322 g/mol. The van der Waals surface area contributed by atoms with Gasteiger partial charge < -0.3 is 19.7 Å². The van der Waals surface area contributed by atoms with Crippen molar-refractivity contribution in [1.29, 1.82) is 0 Å². The predicted octanol–water partition coefficient (Wildman–Crippen LogP) is 2.20. The minimum Gasteiger partial charge on any atom is -0.382 e. The van der Waals surface area contributed by atoms with Crippen LogP contribution in [0.4, 0.5) is 0 Å². The molecule has 0 aliphatic carbocycles. The van der Waals surface area contributed by atoms with Crippen LogP contribution in [-0.2, 0) is 27.4 Å². The molecule has 1 rings (SSSR count). The number of hydrogen-bond acceptors (Lipinski definition) is 4. The maximum Gasteiger partial charge on any atom is 0.220 e. The standard InChI is InChI=1S/C18H30N2O3/c1-4-20(2)15-17-8-5-7-16(13-17)14-19-18(21)9-6-10-23-12-11-22-3/h5,7-8,13H,4,6,9-12,14-15H2,1-3H3,(H,19,21). The van der Waals surface area contributed by atoms with E-state index in [1.54, 1.807) is 7.11 Å². The predicted molar refractivity (Wildman–Crippen MR) is 92.2 cm³/mol. The van der Waals surface area contributed by atoms with Crippen molar-refractivity contribution < 1.29 is 14.3 Å². The van der Waals surface area contributed by atoms with Crippen molar-refractivity contribution in [3.05, 3.63) is 35.4 Å². The Morgan fingerprint density at radius 3 is 2.74 bits per heavy atom. The van der Waals surface area contributed by atoms with E-state index in [1.807, 2.05) is 12.1 Å². The van der Waals surface area contributed by atoms with Gasteiger partial charge in [0.2, 0.25) is 5.91 Å². The van der Waals surface area contributed by atoms with Gasteiger partial charge in [0.05, 0.1) is 13.2 Å². The number of carbonyl (C=O) groups excluding carboxylic acids is 1. The summed E-state index contributed by atoms with van der Waals surface area (Å²) in [5.41, 5.74) is 2.41. The second kappa shape index (κ2) is 12.0. The van der Waals surface area contributed by atoms with Crippen molar-refractivity contribution in [2.75, 3.05) is 40.5 Å². The molecule has 0 unspecified atom stereocenters. The minimum absolute atomic E-state index is 0.0661. The van der Waals surface area contributed by atoms with Gasteiger partial charge in [-0.1, -0.05) is 31.2 Å². The highest BCUT2D eigenvalue weighted by molar-refractivity contribution is 5.75. The Bertz CT molecular complexity index is 452. The molecule has 1 aromatic rings. The first-order valence-corrected chi connectivity index (χ1v) is 8.25. The zero-order valence-electron chi connectivity index (χ0n) is 14.6. The molecule has 0 radical (unpaired) electrons. The lowest BCUT2D eigenvalue weighted by Gasteiger charge is -2.14. The second-order valence-electron chi connectivity index (χ2n) is 5.64. The van der Waals surface area contributed by atoms with Crippen molar-refractivity contribution in [3.63, 3.8) is 0 Å². The molecule has 0 aromatic heterocycles. The van der Waals surface area contributed by atoms with Crippen LogP contribution in [0.15, 0.2) is 24.3 Å². The Balaban J connectivity index is 2.23. The third-order valence-corrected chi connectivity index (χ3v) is 3.60. The highest BCUT2D eigenvalue weighted by Gasteiger charge is 2.03. The summed E-state index contributed by atoms with van der Waals surface area (Å²) in [7, 11) is 3.75. The summed E-state index contributed by atoms with van der Waals surface area (Å²) in [6, 6.07) is 8.36. The number of methoxy groups -OCH3 is 1. The number of amides is 1. The van der Waals surface area contributed by atoms with E-state index >= 15 is 0 Å². The van der Waals surface area contributed by atoms with Crippen LogP contribution in [0, 0.1) is 0 Å². The molecule has 0 saturated heterocycles. The highest BCUT2D eigenvalue weighted by atomic mass is 16.5. The summed E-state index contributed by atoms with van der Waals surface area (Å²) < 4.78 is 10.2. The fraction of sp³-hybridized carbons (Fsp3) is 0.611. The molecule has 1 aromatic carbocycles. The number of nitrogens with one attached hydrogen (secondary N) is 1. The molecule has 0 atom stereocenters. The van der Waals surface area contributed by atoms with Crippen molar-refractivity contribution in [2.24, 2.45) is 0 Å². The summed E-state index contributed by atoms with van der Waals surface area (Å²) in [4.78, 5) is 14.1. The van der Waals surface area contributed by atoms with Crippen LogP contribution in [0.5, 0.6) is 0 Å². The van der Waals surface area contributed by atoms with Gasteiger partial charge >= 0.3 is 0 Å². The molecule has 0 aliphatic heterocycles. The van der Waals surface area contributed by atoms with Gasteiger partial charge in [0.25, 0.3) is 0 Å². The van der Waals surface area contributed by atoms with Crippen molar-refractivity contribution in [2.45, 2.75) is 32.9 Å². The summed E-state index contributed by atoms with van der Waals surface area (Å²) in [5.74, 6) is 0.0661. The second-order valence-corrected chi connectivity index (χ2v) is 5.64. The third-order valence-electron chi connectivity index (χ3n) is 3.60. The SMILES string of the molecule is CCN(C)Cc1cccc(CNC(=O)CCCOCCOC)c1. The van der Waals surface area contributed by atoms with E-state index in [0.717, 1.165) is 25.1 Å². The fourth-order valence-electron chi connectivity index (χ4n) is 2.13. The summed E-state index contributed by atoms with van der Waals surface area (Å²) in [5, 5.41) is 2.96. The number of ether oxygens (including phenoxy) is 2. The monoisotopic (exact) mass is 322 g/mol. The molecular formula is C18H30N2O3. The Morgan fingerprint density at radius 2 is 2.00 bits per heavy atom. The van der Waals surface area contributed by atoms with E-state index in [1.165, 1.54) is 5.56 Å². The van der Waals surface area contributed by atoms with E-state index in [2.05, 4.69) is 36.3 Å². The third kappa shape index (κ3) is 9.33. The van der Waals surface area contributed by atoms with Gasteiger partial charge in [-0.3, -0.25) is 4.79 Å². The molecule has 5 heteroatoms. The number of hydrogen-bond donors (Lipinski definition) is 1. The summed E-state index contributed by atoms with van der Waals surface area (Å²) in [6.45, 7) is 6.43. The molecule has 1 amide bonds. The number of carbonyl (C=O) groups is 1. The van der Waals surface area contributed by atoms with Gasteiger partial charge in [-0.15, -0.1) is 0 Å². The van der Waals surface area contributed by atoms with Gasteiger partial charge in [0, 0.05) is 33.2 Å². The number of rotatable bonds is 12. The summed E-state index contributed by atoms with van der Waals surface area (Å²) >= 11 is 0. The van der Waals surface area contributed by atoms with Gasteiger partial charge in [0.15, 0.2) is 0 Å². The summed E-state index contributed by atoms with van der Waals surface area (Å²) in [6.07, 6.45) is 1.22. The molecule has 1 N–H and O–H groups in total. The zero-order valence-corrected chi connectivity index (χ0v) is 14.6. The molecule has 0 bridgehead atoms. The molecule has 23 heavy (non-hydrogen) atoms. The normalized spacial score (nSPS) is 11.0. The van der Waals surface area contributed by atoms with Gasteiger partial charge in [-0.25, -0.2) is 0 Å². The Labute approximate surface area is 140 Å². The number of benzene rings is 1. The van der Waals surface area contributed by atoms with E-state index in [-0.39, 0.29) is 5.91 Å². The van der Waals surface area contributed by atoms with Crippen molar-refractivity contribution in [1.82, 2.24) is 10.2 Å². The van der Waals surface area contributed by atoms with Crippen LogP contribution >= 0.6 is 0 Å².